The normalized spacial score (nSPS) is 13.2. The average Bonchev–Trinajstić information content (AvgIpc) is 3.39. The van der Waals surface area contributed by atoms with Gasteiger partial charge in [0, 0.05) is 17.3 Å². The maximum atomic E-state index is 12.0. The van der Waals surface area contributed by atoms with Gasteiger partial charge >= 0.3 is 0 Å². The maximum Gasteiger partial charge on any atom is 0.251 e. The zero-order chi connectivity index (χ0) is 17.6. The Morgan fingerprint density at radius 1 is 1.12 bits per heavy atom. The Bertz CT molecular complexity index is 769. The summed E-state index contributed by atoms with van der Waals surface area (Å²) in [5.74, 6) is 0.514. The van der Waals surface area contributed by atoms with Gasteiger partial charge in [-0.05, 0) is 55.7 Å². The number of hydrogen-bond acceptors (Lipinski definition) is 3. The molecular weight excluding hydrogens is 316 g/mol. The largest absolute Gasteiger partial charge is 0.493 e. The first kappa shape index (κ1) is 17.0. The lowest BCUT2D eigenvalue weighted by molar-refractivity contribution is -0.116. The molecule has 130 valence electrons. The average molecular weight is 338 g/mol. The van der Waals surface area contributed by atoms with Gasteiger partial charge < -0.3 is 15.4 Å². The van der Waals surface area contributed by atoms with Gasteiger partial charge in [0.1, 0.15) is 5.75 Å². The monoisotopic (exact) mass is 338 g/mol. The quantitative estimate of drug-likeness (QED) is 0.814. The minimum atomic E-state index is -0.146. The van der Waals surface area contributed by atoms with Gasteiger partial charge in [0.2, 0.25) is 5.91 Å². The van der Waals surface area contributed by atoms with Crippen LogP contribution in [0.25, 0.3) is 0 Å². The highest BCUT2D eigenvalue weighted by Crippen LogP contribution is 2.20. The molecule has 5 heteroatoms. The number of amides is 2. The van der Waals surface area contributed by atoms with Gasteiger partial charge in [0.15, 0.2) is 0 Å². The van der Waals surface area contributed by atoms with E-state index in [2.05, 4.69) is 10.6 Å². The van der Waals surface area contributed by atoms with Crippen molar-refractivity contribution in [2.24, 2.45) is 0 Å². The summed E-state index contributed by atoms with van der Waals surface area (Å²) >= 11 is 0. The molecule has 3 rings (SSSR count). The number of hydrogen-bond donors (Lipinski definition) is 2. The highest BCUT2D eigenvalue weighted by atomic mass is 16.5. The fraction of sp³-hybridized carbons (Fsp3) is 0.300. The molecule has 0 unspecified atom stereocenters. The van der Waals surface area contributed by atoms with Crippen LogP contribution in [0.1, 0.15) is 35.2 Å². The highest BCUT2D eigenvalue weighted by Gasteiger charge is 2.23. The summed E-state index contributed by atoms with van der Waals surface area (Å²) in [6, 6.07) is 15.0. The van der Waals surface area contributed by atoms with E-state index in [1.807, 2.05) is 31.2 Å². The lowest BCUT2D eigenvalue weighted by Gasteiger charge is -2.09. The van der Waals surface area contributed by atoms with E-state index >= 15 is 0 Å². The summed E-state index contributed by atoms with van der Waals surface area (Å²) in [7, 11) is 0. The van der Waals surface area contributed by atoms with Crippen LogP contribution in [0, 0.1) is 6.92 Å². The third-order valence-corrected chi connectivity index (χ3v) is 3.91. The molecule has 1 aliphatic carbocycles. The molecule has 1 saturated carbocycles. The van der Waals surface area contributed by atoms with Crippen molar-refractivity contribution in [3.63, 3.8) is 0 Å². The third-order valence-electron chi connectivity index (χ3n) is 3.91. The molecular formula is C20H22N2O3. The minimum absolute atomic E-state index is 0.0959. The van der Waals surface area contributed by atoms with Gasteiger partial charge in [-0.1, -0.05) is 18.2 Å². The zero-order valence-corrected chi connectivity index (χ0v) is 14.2. The summed E-state index contributed by atoms with van der Waals surface area (Å²) < 4.78 is 5.58. The van der Waals surface area contributed by atoms with Gasteiger partial charge in [-0.3, -0.25) is 9.59 Å². The zero-order valence-electron chi connectivity index (χ0n) is 14.2. The Hall–Kier alpha value is -2.82. The van der Waals surface area contributed by atoms with Crippen molar-refractivity contribution in [3.8, 4) is 5.75 Å². The fourth-order valence-corrected chi connectivity index (χ4v) is 2.42. The van der Waals surface area contributed by atoms with Crippen LogP contribution in [0.5, 0.6) is 5.75 Å². The number of anilines is 1. The highest BCUT2D eigenvalue weighted by molar-refractivity contribution is 5.97. The first-order valence-electron chi connectivity index (χ1n) is 8.50. The molecule has 0 atom stereocenters. The molecule has 0 saturated heterocycles. The molecule has 2 amide bonds. The summed E-state index contributed by atoms with van der Waals surface area (Å²) in [6.45, 7) is 2.29. The second kappa shape index (κ2) is 7.83. The molecule has 2 N–H and O–H groups in total. The number of carbonyl (C=O) groups is 2. The van der Waals surface area contributed by atoms with Crippen LogP contribution in [0.4, 0.5) is 5.69 Å². The SMILES string of the molecule is Cc1cccc(OCCC(=O)Nc2cccc(C(=O)NC3CC3)c2)c1. The van der Waals surface area contributed by atoms with E-state index in [0.29, 0.717) is 23.9 Å². The Labute approximate surface area is 147 Å². The van der Waals surface area contributed by atoms with Crippen LogP contribution in [-0.2, 0) is 4.79 Å². The smallest absolute Gasteiger partial charge is 0.251 e. The van der Waals surface area contributed by atoms with Gasteiger partial charge in [-0.15, -0.1) is 0 Å². The predicted molar refractivity (Wildman–Crippen MR) is 96.9 cm³/mol. The molecule has 5 nitrogen and oxygen atoms in total. The topological polar surface area (TPSA) is 67.4 Å². The van der Waals surface area contributed by atoms with Gasteiger partial charge in [0.25, 0.3) is 5.91 Å². The molecule has 0 radical (unpaired) electrons. The summed E-state index contributed by atoms with van der Waals surface area (Å²) in [5.41, 5.74) is 2.29. The predicted octanol–water partition coefficient (Wildman–Crippen LogP) is 3.29. The molecule has 1 aliphatic rings. The molecule has 0 aliphatic heterocycles. The van der Waals surface area contributed by atoms with E-state index < -0.39 is 0 Å². The van der Waals surface area contributed by atoms with E-state index in [-0.39, 0.29) is 18.2 Å². The number of rotatable bonds is 7. The van der Waals surface area contributed by atoms with Gasteiger partial charge in [-0.25, -0.2) is 0 Å². The maximum absolute atomic E-state index is 12.0. The van der Waals surface area contributed by atoms with Crippen molar-refractivity contribution in [3.05, 3.63) is 59.7 Å². The van der Waals surface area contributed by atoms with Gasteiger partial charge in [0.05, 0.1) is 13.0 Å². The Balaban J connectivity index is 1.48. The van der Waals surface area contributed by atoms with Gasteiger partial charge in [-0.2, -0.15) is 0 Å². The molecule has 1 fully saturated rings. The molecule has 0 bridgehead atoms. The second-order valence-corrected chi connectivity index (χ2v) is 6.29. The molecule has 0 spiro atoms. The molecule has 25 heavy (non-hydrogen) atoms. The van der Waals surface area contributed by atoms with Crippen LogP contribution in [0.3, 0.4) is 0 Å². The number of ether oxygens (including phenoxy) is 1. The summed E-state index contributed by atoms with van der Waals surface area (Å²) in [5, 5.41) is 5.74. The van der Waals surface area contributed by atoms with Crippen molar-refractivity contribution in [1.82, 2.24) is 5.32 Å². The minimum Gasteiger partial charge on any atom is -0.493 e. The van der Waals surface area contributed by atoms with Crippen molar-refractivity contribution < 1.29 is 14.3 Å². The first-order valence-corrected chi connectivity index (χ1v) is 8.50. The standard InChI is InChI=1S/C20H22N2O3/c1-14-4-2-7-18(12-14)25-11-10-19(23)21-17-6-3-5-15(13-17)20(24)22-16-8-9-16/h2-7,12-13,16H,8-11H2,1H3,(H,21,23)(H,22,24). The van der Waals surface area contributed by atoms with Crippen molar-refractivity contribution in [2.45, 2.75) is 32.2 Å². The first-order chi connectivity index (χ1) is 12.1. The fourth-order valence-electron chi connectivity index (χ4n) is 2.42. The summed E-state index contributed by atoms with van der Waals surface area (Å²) in [4.78, 5) is 24.1. The number of aryl methyl sites for hydroxylation is 1. The van der Waals surface area contributed by atoms with E-state index in [0.717, 1.165) is 24.2 Å². The summed E-state index contributed by atoms with van der Waals surface area (Å²) in [6.07, 6.45) is 2.33. The van der Waals surface area contributed by atoms with Crippen molar-refractivity contribution in [1.29, 1.82) is 0 Å². The van der Waals surface area contributed by atoms with Crippen LogP contribution in [-0.4, -0.2) is 24.5 Å². The molecule has 2 aromatic rings. The number of benzene rings is 2. The van der Waals surface area contributed by atoms with E-state index in [4.69, 9.17) is 4.74 Å². The van der Waals surface area contributed by atoms with E-state index in [1.165, 1.54) is 0 Å². The Morgan fingerprint density at radius 2 is 1.92 bits per heavy atom. The van der Waals surface area contributed by atoms with Crippen LogP contribution < -0.4 is 15.4 Å². The van der Waals surface area contributed by atoms with Crippen molar-refractivity contribution >= 4 is 17.5 Å². The number of carbonyl (C=O) groups excluding carboxylic acids is 2. The Morgan fingerprint density at radius 3 is 2.68 bits per heavy atom. The van der Waals surface area contributed by atoms with Crippen LogP contribution in [0.2, 0.25) is 0 Å². The molecule has 0 aromatic heterocycles. The molecule has 0 heterocycles. The second-order valence-electron chi connectivity index (χ2n) is 6.29. The van der Waals surface area contributed by atoms with Crippen LogP contribution in [0.15, 0.2) is 48.5 Å². The lowest BCUT2D eigenvalue weighted by atomic mass is 10.2. The number of nitrogens with one attached hydrogen (secondary N) is 2. The van der Waals surface area contributed by atoms with Crippen LogP contribution >= 0.6 is 0 Å². The van der Waals surface area contributed by atoms with E-state index in [9.17, 15) is 9.59 Å². The van der Waals surface area contributed by atoms with Crippen molar-refractivity contribution in [2.75, 3.05) is 11.9 Å². The van der Waals surface area contributed by atoms with E-state index in [1.54, 1.807) is 24.3 Å². The lowest BCUT2D eigenvalue weighted by Crippen LogP contribution is -2.25. The third kappa shape index (κ3) is 5.35. The Kier molecular flexibility index (Phi) is 5.33. The molecule has 2 aromatic carbocycles.